The summed E-state index contributed by atoms with van der Waals surface area (Å²) in [5.74, 6) is 0. The van der Waals surface area contributed by atoms with Gasteiger partial charge in [-0.05, 0) is 73.5 Å². The van der Waals surface area contributed by atoms with Crippen LogP contribution >= 0.6 is 31.9 Å². The van der Waals surface area contributed by atoms with Crippen LogP contribution in [-0.4, -0.2) is 4.57 Å². The van der Waals surface area contributed by atoms with Crippen LogP contribution in [0.1, 0.15) is 38.2 Å². The van der Waals surface area contributed by atoms with Crippen LogP contribution in [-0.2, 0) is 6.42 Å². The molecule has 0 aliphatic heterocycles. The highest BCUT2D eigenvalue weighted by atomic mass is 79.9. The van der Waals surface area contributed by atoms with Crippen molar-refractivity contribution in [3.8, 4) is 28.2 Å². The van der Waals surface area contributed by atoms with Gasteiger partial charge in [-0.2, -0.15) is 0 Å². The zero-order valence-electron chi connectivity index (χ0n) is 17.8. The van der Waals surface area contributed by atoms with E-state index in [1.165, 1.54) is 48.1 Å². The largest absolute Gasteiger partial charge is 0.307 e. The normalized spacial score (nSPS) is 11.1. The van der Waals surface area contributed by atoms with Crippen LogP contribution in [0, 0.1) is 0 Å². The maximum absolute atomic E-state index is 3.88. The molecule has 0 bridgehead atoms. The minimum Gasteiger partial charge on any atom is -0.307 e. The molecule has 31 heavy (non-hydrogen) atoms. The lowest BCUT2D eigenvalue weighted by molar-refractivity contribution is 0.667. The Hall–Kier alpha value is -2.10. The second-order valence-electron chi connectivity index (χ2n) is 7.87. The van der Waals surface area contributed by atoms with E-state index in [1.807, 2.05) is 0 Å². The molecule has 1 heterocycles. The predicted molar refractivity (Wildman–Crippen MR) is 140 cm³/mol. The van der Waals surface area contributed by atoms with E-state index in [1.54, 1.807) is 0 Å². The summed E-state index contributed by atoms with van der Waals surface area (Å²) in [6.45, 7) is 2.26. The van der Waals surface area contributed by atoms with E-state index in [-0.39, 0.29) is 0 Å². The predicted octanol–water partition coefficient (Wildman–Crippen LogP) is 9.46. The number of nitrogens with zero attached hydrogens (tertiary/aromatic N) is 1. The van der Waals surface area contributed by atoms with Crippen molar-refractivity contribution in [3.63, 3.8) is 0 Å². The molecule has 3 aromatic carbocycles. The molecule has 4 rings (SSSR count). The zero-order valence-corrected chi connectivity index (χ0v) is 21.0. The van der Waals surface area contributed by atoms with Gasteiger partial charge in [-0.15, -0.1) is 0 Å². The third kappa shape index (κ3) is 4.88. The Labute approximate surface area is 202 Å². The number of hydrogen-bond donors (Lipinski definition) is 0. The first-order chi connectivity index (χ1) is 15.2. The Balaban J connectivity index is 1.81. The molecule has 4 aromatic rings. The second-order valence-corrected chi connectivity index (χ2v) is 9.46. The average Bonchev–Trinajstić information content (AvgIpc) is 3.09. The van der Waals surface area contributed by atoms with Crippen molar-refractivity contribution in [2.45, 2.75) is 39.0 Å². The standard InChI is InChI=1S/C28H27Br2N/c1-2-3-4-7-12-21-17-19-24(20-18-21)31-27(22-13-8-5-9-14-22)25(29)26(30)28(31)23-15-10-6-11-16-23/h5-6,8-11,13-20H,2-4,7,12H2,1H3. The highest BCUT2D eigenvalue weighted by Crippen LogP contribution is 2.45. The SMILES string of the molecule is CCCCCCc1ccc(-n2c(-c3ccccc3)c(Br)c(Br)c2-c2ccccc2)cc1. The molecule has 0 aliphatic carbocycles. The number of aryl methyl sites for hydroxylation is 1. The fourth-order valence-electron chi connectivity index (χ4n) is 4.05. The van der Waals surface area contributed by atoms with Crippen LogP contribution in [0.15, 0.2) is 93.9 Å². The third-order valence-electron chi connectivity index (χ3n) is 5.66. The lowest BCUT2D eigenvalue weighted by Crippen LogP contribution is -2.00. The van der Waals surface area contributed by atoms with Crippen LogP contribution in [0.5, 0.6) is 0 Å². The van der Waals surface area contributed by atoms with Crippen molar-refractivity contribution in [1.29, 1.82) is 0 Å². The molecule has 0 spiro atoms. The van der Waals surface area contributed by atoms with Gasteiger partial charge in [0.25, 0.3) is 0 Å². The Kier molecular flexibility index (Phi) is 7.47. The van der Waals surface area contributed by atoms with E-state index in [2.05, 4.69) is 128 Å². The molecule has 0 unspecified atom stereocenters. The monoisotopic (exact) mass is 535 g/mol. The zero-order chi connectivity index (χ0) is 21.6. The quantitative estimate of drug-likeness (QED) is 0.197. The van der Waals surface area contributed by atoms with Gasteiger partial charge in [0, 0.05) is 5.69 Å². The van der Waals surface area contributed by atoms with E-state index in [0.717, 1.165) is 26.8 Å². The molecule has 0 saturated heterocycles. The van der Waals surface area contributed by atoms with Gasteiger partial charge in [-0.3, -0.25) is 0 Å². The molecule has 158 valence electrons. The van der Waals surface area contributed by atoms with E-state index >= 15 is 0 Å². The molecule has 0 fully saturated rings. The van der Waals surface area contributed by atoms with Crippen LogP contribution < -0.4 is 0 Å². The maximum atomic E-state index is 3.88. The minimum atomic E-state index is 1.07. The summed E-state index contributed by atoms with van der Waals surface area (Å²) in [6.07, 6.45) is 6.33. The number of benzene rings is 3. The van der Waals surface area contributed by atoms with Crippen LogP contribution in [0.2, 0.25) is 0 Å². The van der Waals surface area contributed by atoms with Crippen molar-refractivity contribution in [3.05, 3.63) is 99.4 Å². The lowest BCUT2D eigenvalue weighted by atomic mass is 10.1. The van der Waals surface area contributed by atoms with E-state index in [0.29, 0.717) is 0 Å². The Morgan fingerprint density at radius 3 is 1.61 bits per heavy atom. The Bertz CT molecular complexity index is 1050. The average molecular weight is 537 g/mol. The first-order valence-corrected chi connectivity index (χ1v) is 12.6. The molecular weight excluding hydrogens is 510 g/mol. The third-order valence-corrected chi connectivity index (χ3v) is 7.74. The summed E-state index contributed by atoms with van der Waals surface area (Å²) >= 11 is 7.76. The molecule has 0 amide bonds. The Morgan fingerprint density at radius 1 is 0.613 bits per heavy atom. The van der Waals surface area contributed by atoms with Gasteiger partial charge in [0.2, 0.25) is 0 Å². The fraction of sp³-hybridized carbons (Fsp3) is 0.214. The molecule has 1 nitrogen and oxygen atoms in total. The van der Waals surface area contributed by atoms with Crippen LogP contribution in [0.4, 0.5) is 0 Å². The van der Waals surface area contributed by atoms with E-state index in [9.17, 15) is 0 Å². The van der Waals surface area contributed by atoms with Gasteiger partial charge in [0.05, 0.1) is 20.3 Å². The summed E-state index contributed by atoms with van der Waals surface area (Å²) in [5.41, 5.74) is 7.25. The number of unbranched alkanes of at least 4 members (excludes halogenated alkanes) is 3. The fourth-order valence-corrected chi connectivity index (χ4v) is 5.23. The summed E-state index contributed by atoms with van der Waals surface area (Å²) in [4.78, 5) is 0. The maximum Gasteiger partial charge on any atom is 0.0689 e. The molecule has 0 atom stereocenters. The first-order valence-electron chi connectivity index (χ1n) is 11.0. The molecule has 0 radical (unpaired) electrons. The van der Waals surface area contributed by atoms with E-state index < -0.39 is 0 Å². The van der Waals surface area contributed by atoms with Crippen molar-refractivity contribution in [2.24, 2.45) is 0 Å². The number of aromatic nitrogens is 1. The van der Waals surface area contributed by atoms with Gasteiger partial charge < -0.3 is 4.57 Å². The van der Waals surface area contributed by atoms with Gasteiger partial charge in [0.15, 0.2) is 0 Å². The van der Waals surface area contributed by atoms with E-state index in [4.69, 9.17) is 0 Å². The molecule has 1 aromatic heterocycles. The highest BCUT2D eigenvalue weighted by Gasteiger charge is 2.23. The molecular formula is C28H27Br2N. The topological polar surface area (TPSA) is 4.93 Å². The minimum absolute atomic E-state index is 1.07. The summed E-state index contributed by atoms with van der Waals surface area (Å²) in [5, 5.41) is 0. The first kappa shape index (κ1) is 22.1. The second kappa shape index (κ2) is 10.5. The summed E-state index contributed by atoms with van der Waals surface area (Å²) in [6, 6.07) is 30.2. The molecule has 0 aliphatic rings. The number of halogens is 2. The van der Waals surface area contributed by atoms with Gasteiger partial charge in [0.1, 0.15) is 0 Å². The smallest absolute Gasteiger partial charge is 0.0689 e. The van der Waals surface area contributed by atoms with Crippen molar-refractivity contribution in [1.82, 2.24) is 4.57 Å². The van der Waals surface area contributed by atoms with Crippen LogP contribution in [0.3, 0.4) is 0 Å². The highest BCUT2D eigenvalue weighted by molar-refractivity contribution is 9.13. The van der Waals surface area contributed by atoms with Gasteiger partial charge >= 0.3 is 0 Å². The van der Waals surface area contributed by atoms with Gasteiger partial charge in [-0.25, -0.2) is 0 Å². The summed E-state index contributed by atoms with van der Waals surface area (Å²) < 4.78 is 4.50. The molecule has 0 saturated carbocycles. The van der Waals surface area contributed by atoms with Crippen LogP contribution in [0.25, 0.3) is 28.2 Å². The number of rotatable bonds is 8. The number of hydrogen-bond acceptors (Lipinski definition) is 0. The van der Waals surface area contributed by atoms with Gasteiger partial charge in [-0.1, -0.05) is 99.0 Å². The Morgan fingerprint density at radius 2 is 1.13 bits per heavy atom. The molecule has 3 heteroatoms. The molecule has 0 N–H and O–H groups in total. The van der Waals surface area contributed by atoms with Crippen molar-refractivity contribution < 1.29 is 0 Å². The summed E-state index contributed by atoms with van der Waals surface area (Å²) in [7, 11) is 0. The van der Waals surface area contributed by atoms with Crippen molar-refractivity contribution in [2.75, 3.05) is 0 Å². The van der Waals surface area contributed by atoms with Crippen molar-refractivity contribution >= 4 is 31.9 Å². The lowest BCUT2D eigenvalue weighted by Gasteiger charge is -2.15.